The van der Waals surface area contributed by atoms with Gasteiger partial charge in [0.25, 0.3) is 0 Å². The van der Waals surface area contributed by atoms with Gasteiger partial charge in [-0.1, -0.05) is 54.4 Å². The predicted molar refractivity (Wildman–Crippen MR) is 137 cm³/mol. The number of nitrogens with one attached hydrogen (secondary N) is 4. The first-order valence-electron chi connectivity index (χ1n) is 12.8. The van der Waals surface area contributed by atoms with Crippen LogP contribution in [0.5, 0.6) is 0 Å². The first kappa shape index (κ1) is 28.8. The maximum absolute atomic E-state index is 13.4. The second-order valence-corrected chi connectivity index (χ2v) is 12.3. The van der Waals surface area contributed by atoms with Gasteiger partial charge in [0.15, 0.2) is 0 Å². The van der Waals surface area contributed by atoms with Gasteiger partial charge in [-0.05, 0) is 37.0 Å². The molecule has 5 atom stereocenters. The van der Waals surface area contributed by atoms with E-state index in [1.807, 2.05) is 20.8 Å². The van der Waals surface area contributed by atoms with Gasteiger partial charge in [0, 0.05) is 31.1 Å². The van der Waals surface area contributed by atoms with Crippen molar-refractivity contribution in [2.45, 2.75) is 98.2 Å². The van der Waals surface area contributed by atoms with E-state index in [0.717, 1.165) is 19.3 Å². The number of hydrogen-bond donors (Lipinski definition) is 4. The van der Waals surface area contributed by atoms with Crippen LogP contribution in [0.4, 0.5) is 0 Å². The molecule has 0 aromatic carbocycles. The topological polar surface area (TPSA) is 129 Å². The van der Waals surface area contributed by atoms with Gasteiger partial charge in [-0.25, -0.2) is 0 Å². The molecule has 0 aromatic rings. The van der Waals surface area contributed by atoms with Gasteiger partial charge in [-0.15, -0.1) is 0 Å². The molecule has 2 aliphatic rings. The van der Waals surface area contributed by atoms with Gasteiger partial charge in [-0.3, -0.25) is 24.2 Å². The van der Waals surface area contributed by atoms with E-state index in [2.05, 4.69) is 26.3 Å². The van der Waals surface area contributed by atoms with Gasteiger partial charge in [-0.2, -0.15) is 0 Å². The lowest BCUT2D eigenvalue weighted by molar-refractivity contribution is -0.135. The molecular formula is C26H45N5O4. The van der Waals surface area contributed by atoms with Crippen LogP contribution in [0.2, 0.25) is 0 Å². The second kappa shape index (κ2) is 12.0. The Hall–Kier alpha value is -2.45. The number of carbonyl (C=O) groups is 4. The number of nitrogens with zero attached hydrogens (tertiary/aromatic N) is 1. The summed E-state index contributed by atoms with van der Waals surface area (Å²) in [6, 6.07) is -1.92. The maximum Gasteiger partial charge on any atom is 0.243 e. The van der Waals surface area contributed by atoms with E-state index in [9.17, 15) is 19.2 Å². The van der Waals surface area contributed by atoms with Crippen molar-refractivity contribution in [3.05, 3.63) is 0 Å². The monoisotopic (exact) mass is 491 g/mol. The molecule has 2 fully saturated rings. The van der Waals surface area contributed by atoms with Crippen LogP contribution in [0.1, 0.15) is 80.1 Å². The molecule has 2 heterocycles. The first-order chi connectivity index (χ1) is 16.2. The van der Waals surface area contributed by atoms with Crippen molar-refractivity contribution in [1.29, 1.82) is 0 Å². The van der Waals surface area contributed by atoms with Gasteiger partial charge in [0.05, 0.1) is 6.04 Å². The lowest BCUT2D eigenvalue weighted by Crippen LogP contribution is -2.57. The van der Waals surface area contributed by atoms with Crippen LogP contribution in [0.3, 0.4) is 0 Å². The highest BCUT2D eigenvalue weighted by Crippen LogP contribution is 2.28. The zero-order valence-electron chi connectivity index (χ0n) is 22.5. The van der Waals surface area contributed by atoms with Crippen LogP contribution in [0.15, 0.2) is 4.99 Å². The molecule has 9 nitrogen and oxygen atoms in total. The number of amides is 4. The highest BCUT2D eigenvalue weighted by molar-refractivity contribution is 5.93. The zero-order valence-corrected chi connectivity index (χ0v) is 22.5. The van der Waals surface area contributed by atoms with Crippen molar-refractivity contribution in [3.63, 3.8) is 0 Å². The van der Waals surface area contributed by atoms with E-state index in [4.69, 9.17) is 0 Å². The van der Waals surface area contributed by atoms with Crippen LogP contribution in [0, 0.1) is 22.7 Å². The molecule has 35 heavy (non-hydrogen) atoms. The van der Waals surface area contributed by atoms with E-state index < -0.39 is 23.5 Å². The summed E-state index contributed by atoms with van der Waals surface area (Å²) in [5.74, 6) is -0.891. The van der Waals surface area contributed by atoms with Crippen molar-refractivity contribution in [1.82, 2.24) is 21.3 Å². The largest absolute Gasteiger partial charge is 0.356 e. The summed E-state index contributed by atoms with van der Waals surface area (Å²) in [4.78, 5) is 56.1. The molecule has 0 saturated carbocycles. The van der Waals surface area contributed by atoms with Crippen LogP contribution in [-0.2, 0) is 19.2 Å². The Kier molecular flexibility index (Phi) is 9.86. The van der Waals surface area contributed by atoms with Crippen LogP contribution >= 0.6 is 0 Å². The van der Waals surface area contributed by atoms with E-state index in [0.29, 0.717) is 25.8 Å². The number of rotatable bonds is 3. The quantitative estimate of drug-likeness (QED) is 0.450. The van der Waals surface area contributed by atoms with Crippen molar-refractivity contribution in [2.24, 2.45) is 27.7 Å². The van der Waals surface area contributed by atoms with Gasteiger partial charge >= 0.3 is 0 Å². The standard InChI is InChI=1S/C26H45N5O4/c1-25(2,3)13-20-23(34)29-17(15-27-7)12-18-16(14-28-21(18)32)10-8-9-11-19(22(33)30-20)31-24(35)26(4,5)6/h15-20H,8-14H2,1-7H3,(H,28,32)(H,29,34)(H,30,33)(H,31,35)/t16-,17-,18-,19-,20-/m0/s1. The molecule has 4 N–H and O–H groups in total. The lowest BCUT2D eigenvalue weighted by Gasteiger charge is -2.31. The number of carbonyl (C=O) groups excluding carboxylic acids is 4. The summed E-state index contributed by atoms with van der Waals surface area (Å²) in [6.45, 7) is 12.1. The summed E-state index contributed by atoms with van der Waals surface area (Å²) < 4.78 is 0. The summed E-state index contributed by atoms with van der Waals surface area (Å²) in [6.07, 6.45) is 5.44. The van der Waals surface area contributed by atoms with Crippen molar-refractivity contribution in [3.8, 4) is 0 Å². The fraction of sp³-hybridized carbons (Fsp3) is 0.808. The Morgan fingerprint density at radius 2 is 1.66 bits per heavy atom. The zero-order chi connectivity index (χ0) is 26.4. The summed E-state index contributed by atoms with van der Waals surface area (Å²) in [5.41, 5.74) is -0.868. The minimum Gasteiger partial charge on any atom is -0.356 e. The Morgan fingerprint density at radius 3 is 2.26 bits per heavy atom. The van der Waals surface area contributed by atoms with Crippen LogP contribution < -0.4 is 21.3 Å². The molecule has 0 bridgehead atoms. The number of hydrogen-bond acceptors (Lipinski definition) is 5. The van der Waals surface area contributed by atoms with Crippen LogP contribution in [-0.4, -0.2) is 61.6 Å². The number of fused-ring (bicyclic) bond motifs is 1. The third-order valence-electron chi connectivity index (χ3n) is 6.68. The molecule has 0 spiro atoms. The lowest BCUT2D eigenvalue weighted by atomic mass is 9.84. The SMILES string of the molecule is CN=C[C@@H]1C[C@@H]2C(=O)NC[C@@H]2CCCC[C@H](NC(=O)C(C)(C)C)C(=O)N[C@@H](CC(C)(C)C)C(=O)N1. The molecule has 0 radical (unpaired) electrons. The maximum atomic E-state index is 13.4. The fourth-order valence-electron chi connectivity index (χ4n) is 4.71. The molecule has 2 rings (SSSR count). The molecule has 2 saturated heterocycles. The van der Waals surface area contributed by atoms with E-state index in [1.54, 1.807) is 34.0 Å². The Bertz CT molecular complexity index is 812. The van der Waals surface area contributed by atoms with E-state index >= 15 is 0 Å². The minimum absolute atomic E-state index is 0.0145. The van der Waals surface area contributed by atoms with Gasteiger partial charge < -0.3 is 21.3 Å². The molecule has 0 aliphatic carbocycles. The predicted octanol–water partition coefficient (Wildman–Crippen LogP) is 1.95. The highest BCUT2D eigenvalue weighted by atomic mass is 16.2. The van der Waals surface area contributed by atoms with Crippen molar-refractivity contribution >= 4 is 29.8 Å². The fourth-order valence-corrected chi connectivity index (χ4v) is 4.71. The van der Waals surface area contributed by atoms with Gasteiger partial charge in [0.2, 0.25) is 23.6 Å². The van der Waals surface area contributed by atoms with Crippen molar-refractivity contribution in [2.75, 3.05) is 13.6 Å². The van der Waals surface area contributed by atoms with Crippen LogP contribution in [0.25, 0.3) is 0 Å². The van der Waals surface area contributed by atoms with E-state index in [-0.39, 0.29) is 40.9 Å². The summed E-state index contributed by atoms with van der Waals surface area (Å²) in [5, 5.41) is 11.8. The smallest absolute Gasteiger partial charge is 0.243 e. The molecular weight excluding hydrogens is 446 g/mol. The third kappa shape index (κ3) is 8.93. The molecule has 4 amide bonds. The average molecular weight is 492 g/mol. The molecule has 2 aliphatic heterocycles. The average Bonchev–Trinajstić information content (AvgIpc) is 3.06. The molecule has 0 unspecified atom stereocenters. The third-order valence-corrected chi connectivity index (χ3v) is 6.68. The Balaban J connectivity index is 2.35. The van der Waals surface area contributed by atoms with Gasteiger partial charge in [0.1, 0.15) is 12.1 Å². The Labute approximate surface area is 210 Å². The van der Waals surface area contributed by atoms with Crippen molar-refractivity contribution < 1.29 is 19.2 Å². The normalized spacial score (nSPS) is 29.6. The first-order valence-corrected chi connectivity index (χ1v) is 12.8. The molecule has 198 valence electrons. The number of aliphatic imine (C=N–C) groups is 1. The summed E-state index contributed by atoms with van der Waals surface area (Å²) >= 11 is 0. The minimum atomic E-state index is -0.777. The second-order valence-electron chi connectivity index (χ2n) is 12.3. The highest BCUT2D eigenvalue weighted by Gasteiger charge is 2.38. The summed E-state index contributed by atoms with van der Waals surface area (Å²) in [7, 11) is 1.64. The Morgan fingerprint density at radius 1 is 1.00 bits per heavy atom. The molecule has 0 aromatic heterocycles. The van der Waals surface area contributed by atoms with E-state index in [1.165, 1.54) is 0 Å². The molecule has 9 heteroatoms.